The summed E-state index contributed by atoms with van der Waals surface area (Å²) in [5.74, 6) is -3.84. The van der Waals surface area contributed by atoms with E-state index in [-0.39, 0.29) is 5.69 Å². The third-order valence-electron chi connectivity index (χ3n) is 4.37. The molecule has 0 atom stereocenters. The largest absolute Gasteiger partial charge is 0.490 e. The van der Waals surface area contributed by atoms with Gasteiger partial charge in [-0.25, -0.2) is 9.59 Å². The number of aromatic carboxylic acids is 1. The molecule has 0 saturated heterocycles. The molecular weight excluding hydrogens is 500 g/mol. The molecule has 0 bridgehead atoms. The van der Waals surface area contributed by atoms with E-state index in [1.54, 1.807) is 0 Å². The van der Waals surface area contributed by atoms with Crippen LogP contribution in [0.2, 0.25) is 10.0 Å². The number of aliphatic carboxylic acids is 1. The summed E-state index contributed by atoms with van der Waals surface area (Å²) in [7, 11) is 0. The number of nitrogens with zero attached hydrogens (tertiary/aromatic N) is 3. The SMILES string of the molecule is O=C(O)C(F)(F)F.O=C(O)c1n[nH]nc1CCN(Cc1ccc(Cl)cc1)Cc1ccc(Cl)cc1. The molecule has 0 aliphatic heterocycles. The van der Waals surface area contributed by atoms with Gasteiger partial charge in [0, 0.05) is 36.1 Å². The van der Waals surface area contributed by atoms with Gasteiger partial charge in [-0.1, -0.05) is 47.5 Å². The highest BCUT2D eigenvalue weighted by molar-refractivity contribution is 6.30. The average molecular weight is 519 g/mol. The quantitative estimate of drug-likeness (QED) is 0.395. The lowest BCUT2D eigenvalue weighted by Crippen LogP contribution is -2.26. The van der Waals surface area contributed by atoms with Crippen molar-refractivity contribution in [1.82, 2.24) is 20.3 Å². The molecule has 8 nitrogen and oxygen atoms in total. The minimum atomic E-state index is -5.08. The second-order valence-corrected chi connectivity index (χ2v) is 7.81. The van der Waals surface area contributed by atoms with Crippen LogP contribution < -0.4 is 0 Å². The van der Waals surface area contributed by atoms with Gasteiger partial charge in [-0.2, -0.15) is 23.5 Å². The number of hydrogen-bond donors (Lipinski definition) is 3. The molecule has 0 radical (unpaired) electrons. The van der Waals surface area contributed by atoms with Crippen LogP contribution in [0.3, 0.4) is 0 Å². The van der Waals surface area contributed by atoms with Gasteiger partial charge < -0.3 is 10.2 Å². The van der Waals surface area contributed by atoms with Crippen molar-refractivity contribution < 1.29 is 33.0 Å². The predicted octanol–water partition coefficient (Wildman–Crippen LogP) is 4.69. The number of nitrogens with one attached hydrogen (secondary N) is 1. The molecule has 0 unspecified atom stereocenters. The minimum absolute atomic E-state index is 0.0343. The van der Waals surface area contributed by atoms with Crippen molar-refractivity contribution >= 4 is 35.1 Å². The predicted molar refractivity (Wildman–Crippen MR) is 118 cm³/mol. The second kappa shape index (κ2) is 12.4. The summed E-state index contributed by atoms with van der Waals surface area (Å²) in [5, 5.41) is 27.7. The number of H-pyrrole nitrogens is 1. The Bertz CT molecular complexity index is 1040. The van der Waals surface area contributed by atoms with Crippen molar-refractivity contribution in [2.75, 3.05) is 6.54 Å². The van der Waals surface area contributed by atoms with Crippen LogP contribution in [0.15, 0.2) is 48.5 Å². The highest BCUT2D eigenvalue weighted by Gasteiger charge is 2.38. The number of hydrogen-bond acceptors (Lipinski definition) is 5. The maximum Gasteiger partial charge on any atom is 0.490 e. The zero-order valence-electron chi connectivity index (χ0n) is 17.4. The van der Waals surface area contributed by atoms with E-state index in [9.17, 15) is 23.1 Å². The molecule has 1 heterocycles. The van der Waals surface area contributed by atoms with Gasteiger partial charge in [0.1, 0.15) is 0 Å². The van der Waals surface area contributed by atoms with Crippen LogP contribution in [-0.2, 0) is 24.3 Å². The van der Waals surface area contributed by atoms with E-state index in [0.29, 0.717) is 41.8 Å². The first-order valence-electron chi connectivity index (χ1n) is 9.60. The summed E-state index contributed by atoms with van der Waals surface area (Å²) in [5.41, 5.74) is 2.64. The number of alkyl halides is 3. The van der Waals surface area contributed by atoms with Crippen LogP contribution in [0.5, 0.6) is 0 Å². The summed E-state index contributed by atoms with van der Waals surface area (Å²) in [6, 6.07) is 15.4. The summed E-state index contributed by atoms with van der Waals surface area (Å²) in [6.07, 6.45) is -4.61. The standard InChI is InChI=1S/C19H18Cl2N4O2.C2HF3O2/c20-15-5-1-13(2-6-15)11-25(12-14-3-7-16(21)8-4-14)10-9-17-18(19(26)27)23-24-22-17;3-2(4,5)1(6)7/h1-8H,9-12H2,(H,26,27)(H,22,23,24);(H,6,7). The van der Waals surface area contributed by atoms with E-state index in [1.807, 2.05) is 48.5 Å². The molecule has 182 valence electrons. The molecule has 3 N–H and O–H groups in total. The van der Waals surface area contributed by atoms with Crippen molar-refractivity contribution in [1.29, 1.82) is 0 Å². The molecule has 0 amide bonds. The fourth-order valence-corrected chi connectivity index (χ4v) is 3.02. The van der Waals surface area contributed by atoms with Crippen molar-refractivity contribution in [3.63, 3.8) is 0 Å². The maximum atomic E-state index is 11.2. The Hall–Kier alpha value is -3.15. The molecule has 0 aliphatic carbocycles. The van der Waals surface area contributed by atoms with Crippen LogP contribution in [0, 0.1) is 0 Å². The van der Waals surface area contributed by atoms with Gasteiger partial charge in [0.05, 0.1) is 5.69 Å². The summed E-state index contributed by atoms with van der Waals surface area (Å²) < 4.78 is 31.7. The molecule has 34 heavy (non-hydrogen) atoms. The molecule has 0 fully saturated rings. The lowest BCUT2D eigenvalue weighted by Gasteiger charge is -2.22. The summed E-state index contributed by atoms with van der Waals surface area (Å²) in [6.45, 7) is 2.01. The number of carbonyl (C=O) groups is 2. The molecule has 13 heteroatoms. The van der Waals surface area contributed by atoms with Crippen molar-refractivity contribution in [3.8, 4) is 0 Å². The van der Waals surface area contributed by atoms with Gasteiger partial charge in [0.15, 0.2) is 5.69 Å². The van der Waals surface area contributed by atoms with Gasteiger partial charge in [-0.3, -0.25) is 4.90 Å². The van der Waals surface area contributed by atoms with Crippen molar-refractivity contribution in [2.24, 2.45) is 0 Å². The Balaban J connectivity index is 0.000000509. The first-order valence-corrected chi connectivity index (χ1v) is 10.4. The van der Waals surface area contributed by atoms with Crippen LogP contribution in [0.25, 0.3) is 0 Å². The highest BCUT2D eigenvalue weighted by atomic mass is 35.5. The van der Waals surface area contributed by atoms with Crippen molar-refractivity contribution in [3.05, 3.63) is 81.1 Å². The van der Waals surface area contributed by atoms with E-state index < -0.39 is 18.1 Å². The van der Waals surface area contributed by atoms with Gasteiger partial charge in [0.25, 0.3) is 0 Å². The number of benzene rings is 2. The third-order valence-corrected chi connectivity index (χ3v) is 4.87. The van der Waals surface area contributed by atoms with Crippen LogP contribution >= 0.6 is 23.2 Å². The smallest absolute Gasteiger partial charge is 0.476 e. The Morgan fingerprint density at radius 3 is 1.71 bits per heavy atom. The Morgan fingerprint density at radius 1 is 0.882 bits per heavy atom. The Kier molecular flexibility index (Phi) is 9.84. The van der Waals surface area contributed by atoms with Gasteiger partial charge >= 0.3 is 18.1 Å². The lowest BCUT2D eigenvalue weighted by molar-refractivity contribution is -0.192. The number of carboxylic acid groups (broad SMARTS) is 2. The molecular formula is C21H19Cl2F3N4O4. The fraction of sp³-hybridized carbons (Fsp3) is 0.238. The van der Waals surface area contributed by atoms with Crippen LogP contribution in [0.1, 0.15) is 27.3 Å². The fourth-order valence-electron chi connectivity index (χ4n) is 2.77. The number of carboxylic acids is 2. The maximum absolute atomic E-state index is 11.2. The normalized spacial score (nSPS) is 11.1. The Labute approximate surface area is 201 Å². The first-order chi connectivity index (χ1) is 16.0. The number of aromatic nitrogens is 3. The molecule has 1 aromatic heterocycles. The van der Waals surface area contributed by atoms with E-state index in [4.69, 9.17) is 33.1 Å². The van der Waals surface area contributed by atoms with Crippen molar-refractivity contribution in [2.45, 2.75) is 25.7 Å². The zero-order chi connectivity index (χ0) is 25.3. The number of rotatable bonds is 8. The molecule has 2 aromatic carbocycles. The number of halogens is 5. The number of aromatic amines is 1. The van der Waals surface area contributed by atoms with E-state index in [1.165, 1.54) is 0 Å². The van der Waals surface area contributed by atoms with E-state index in [0.717, 1.165) is 11.1 Å². The van der Waals surface area contributed by atoms with Gasteiger partial charge in [0.2, 0.25) is 0 Å². The summed E-state index contributed by atoms with van der Waals surface area (Å²) >= 11 is 11.9. The molecule has 0 saturated carbocycles. The third kappa shape index (κ3) is 9.00. The average Bonchev–Trinajstić information content (AvgIpc) is 3.24. The van der Waals surface area contributed by atoms with Gasteiger partial charge in [-0.15, -0.1) is 5.10 Å². The topological polar surface area (TPSA) is 119 Å². The van der Waals surface area contributed by atoms with Gasteiger partial charge in [-0.05, 0) is 35.4 Å². The van der Waals surface area contributed by atoms with E-state index >= 15 is 0 Å². The highest BCUT2D eigenvalue weighted by Crippen LogP contribution is 2.16. The minimum Gasteiger partial charge on any atom is -0.476 e. The van der Waals surface area contributed by atoms with Crippen LogP contribution in [0.4, 0.5) is 13.2 Å². The zero-order valence-corrected chi connectivity index (χ0v) is 18.9. The molecule has 0 spiro atoms. The first kappa shape index (κ1) is 27.1. The summed E-state index contributed by atoms with van der Waals surface area (Å²) in [4.78, 5) is 22.3. The second-order valence-electron chi connectivity index (χ2n) is 6.94. The molecule has 0 aliphatic rings. The van der Waals surface area contributed by atoms with E-state index in [2.05, 4.69) is 20.3 Å². The monoisotopic (exact) mass is 518 g/mol. The molecule has 3 aromatic rings. The molecule has 3 rings (SSSR count). The van der Waals surface area contributed by atoms with Crippen LogP contribution in [-0.4, -0.2) is 55.2 Å². The Morgan fingerprint density at radius 2 is 1.32 bits per heavy atom. The lowest BCUT2D eigenvalue weighted by atomic mass is 10.1.